The van der Waals surface area contributed by atoms with Gasteiger partial charge in [-0.15, -0.1) is 0 Å². The Morgan fingerprint density at radius 3 is 2.64 bits per heavy atom. The normalized spacial score (nSPS) is 12.2. The summed E-state index contributed by atoms with van der Waals surface area (Å²) in [5, 5.41) is 21.3. The highest BCUT2D eigenvalue weighted by molar-refractivity contribution is 6.31. The molecule has 0 saturated carbocycles. The molecule has 0 aliphatic rings. The monoisotopic (exact) mass is 368 g/mol. The van der Waals surface area contributed by atoms with E-state index in [0.717, 1.165) is 0 Å². The highest BCUT2D eigenvalue weighted by Gasteiger charge is 2.14. The Morgan fingerprint density at radius 1 is 1.32 bits per heavy atom. The van der Waals surface area contributed by atoms with Crippen molar-refractivity contribution in [2.45, 2.75) is 12.6 Å². The van der Waals surface area contributed by atoms with Crippen LogP contribution in [0.15, 0.2) is 42.5 Å². The third kappa shape index (κ3) is 5.97. The molecule has 0 spiro atoms. The van der Waals surface area contributed by atoms with Gasteiger partial charge in [0.1, 0.15) is 24.3 Å². The summed E-state index contributed by atoms with van der Waals surface area (Å²) < 4.78 is 18.2. The molecule has 0 aliphatic heterocycles. The average molecular weight is 369 g/mol. The molecular formula is C17H18ClFN2O4. The van der Waals surface area contributed by atoms with E-state index < -0.39 is 11.0 Å². The summed E-state index contributed by atoms with van der Waals surface area (Å²) in [5.41, 5.74) is 0.568. The molecule has 0 amide bonds. The lowest BCUT2D eigenvalue weighted by Crippen LogP contribution is -2.32. The smallest absolute Gasteiger partial charge is 0.269 e. The van der Waals surface area contributed by atoms with Gasteiger partial charge in [-0.25, -0.2) is 4.39 Å². The lowest BCUT2D eigenvalue weighted by atomic mass is 10.2. The van der Waals surface area contributed by atoms with Gasteiger partial charge >= 0.3 is 0 Å². The van der Waals surface area contributed by atoms with Crippen molar-refractivity contribution in [2.75, 3.05) is 20.2 Å². The molecule has 0 radical (unpaired) electrons. The number of nitrogens with zero attached hydrogens (tertiary/aromatic N) is 2. The molecule has 1 N–H and O–H groups in total. The SMILES string of the molecule is CN(Cc1cc([N+](=O)[O-])ccc1Cl)C[C@@H](O)COc1ccc(F)cc1. The predicted octanol–water partition coefficient (Wildman–Crippen LogP) is 3.26. The minimum atomic E-state index is -0.785. The van der Waals surface area contributed by atoms with Gasteiger partial charge in [0.05, 0.1) is 4.92 Å². The molecule has 0 saturated heterocycles. The quantitative estimate of drug-likeness (QED) is 0.571. The second-order valence-electron chi connectivity index (χ2n) is 5.65. The van der Waals surface area contributed by atoms with Crippen LogP contribution in [-0.4, -0.2) is 41.2 Å². The van der Waals surface area contributed by atoms with Gasteiger partial charge in [0, 0.05) is 30.2 Å². The fourth-order valence-electron chi connectivity index (χ4n) is 2.29. The number of benzene rings is 2. The Kier molecular flexibility index (Phi) is 6.69. The van der Waals surface area contributed by atoms with Crippen molar-refractivity contribution in [3.8, 4) is 5.75 Å². The van der Waals surface area contributed by atoms with Crippen molar-refractivity contribution < 1.29 is 19.2 Å². The molecule has 134 valence electrons. The number of aliphatic hydroxyl groups excluding tert-OH is 1. The molecule has 2 aromatic carbocycles. The van der Waals surface area contributed by atoms with Crippen LogP contribution in [0.25, 0.3) is 0 Å². The van der Waals surface area contributed by atoms with Gasteiger partial charge in [-0.2, -0.15) is 0 Å². The largest absolute Gasteiger partial charge is 0.491 e. The van der Waals surface area contributed by atoms with Gasteiger partial charge in [0.15, 0.2) is 0 Å². The van der Waals surface area contributed by atoms with Crippen molar-refractivity contribution in [3.05, 3.63) is 69.0 Å². The van der Waals surface area contributed by atoms with Crippen molar-refractivity contribution in [1.82, 2.24) is 4.90 Å². The van der Waals surface area contributed by atoms with Crippen LogP contribution in [0.5, 0.6) is 5.75 Å². The van der Waals surface area contributed by atoms with E-state index in [1.807, 2.05) is 0 Å². The van der Waals surface area contributed by atoms with Gasteiger partial charge in [-0.1, -0.05) is 11.6 Å². The van der Waals surface area contributed by atoms with E-state index in [1.54, 1.807) is 11.9 Å². The van der Waals surface area contributed by atoms with Crippen LogP contribution in [0.2, 0.25) is 5.02 Å². The maximum Gasteiger partial charge on any atom is 0.269 e. The van der Waals surface area contributed by atoms with E-state index >= 15 is 0 Å². The van der Waals surface area contributed by atoms with Crippen LogP contribution in [-0.2, 0) is 6.54 Å². The third-order valence-corrected chi connectivity index (χ3v) is 3.83. The lowest BCUT2D eigenvalue weighted by molar-refractivity contribution is -0.384. The number of rotatable bonds is 8. The number of nitro groups is 1. The molecule has 8 heteroatoms. The minimum absolute atomic E-state index is 0.0343. The number of ether oxygens (including phenoxy) is 1. The molecule has 1 atom stereocenters. The molecule has 2 rings (SSSR count). The molecule has 25 heavy (non-hydrogen) atoms. The third-order valence-electron chi connectivity index (χ3n) is 3.46. The van der Waals surface area contributed by atoms with Crippen LogP contribution in [0, 0.1) is 15.9 Å². The topological polar surface area (TPSA) is 75.8 Å². The molecule has 0 aliphatic carbocycles. The van der Waals surface area contributed by atoms with Crippen LogP contribution in [0.3, 0.4) is 0 Å². The maximum atomic E-state index is 12.8. The van der Waals surface area contributed by atoms with Crippen LogP contribution in [0.1, 0.15) is 5.56 Å². The Hall–Kier alpha value is -2.22. The first-order valence-corrected chi connectivity index (χ1v) is 7.90. The van der Waals surface area contributed by atoms with Gasteiger partial charge in [-0.3, -0.25) is 15.0 Å². The maximum absolute atomic E-state index is 12.8. The summed E-state index contributed by atoms with van der Waals surface area (Å²) in [6, 6.07) is 9.76. The Labute approximate surface area is 149 Å². The molecule has 2 aromatic rings. The van der Waals surface area contributed by atoms with E-state index in [0.29, 0.717) is 22.9 Å². The number of hydrogen-bond donors (Lipinski definition) is 1. The number of likely N-dealkylation sites (N-methyl/N-ethyl adjacent to an activating group) is 1. The zero-order valence-corrected chi connectivity index (χ0v) is 14.3. The second kappa shape index (κ2) is 8.75. The first-order chi connectivity index (χ1) is 11.8. The number of aliphatic hydroxyl groups is 1. The van der Waals surface area contributed by atoms with Gasteiger partial charge in [0.2, 0.25) is 0 Å². The summed E-state index contributed by atoms with van der Waals surface area (Å²) >= 11 is 6.07. The number of halogens is 2. The van der Waals surface area contributed by atoms with Crippen LogP contribution in [0.4, 0.5) is 10.1 Å². The van der Waals surface area contributed by atoms with E-state index in [-0.39, 0.29) is 24.7 Å². The van der Waals surface area contributed by atoms with Crippen molar-refractivity contribution >= 4 is 17.3 Å². The summed E-state index contributed by atoms with van der Waals surface area (Å²) in [6.07, 6.45) is -0.785. The fraction of sp³-hybridized carbons (Fsp3) is 0.294. The standard InChI is InChI=1S/C17H18ClFN2O4/c1-20(9-12-8-14(21(23)24)4-7-17(12)18)10-15(22)11-25-16-5-2-13(19)3-6-16/h2-8,15,22H,9-11H2,1H3/t15-/m1/s1. The van der Waals surface area contributed by atoms with Crippen molar-refractivity contribution in [2.24, 2.45) is 0 Å². The fourth-order valence-corrected chi connectivity index (χ4v) is 2.46. The van der Waals surface area contributed by atoms with E-state index in [1.165, 1.54) is 42.5 Å². The van der Waals surface area contributed by atoms with E-state index in [2.05, 4.69) is 0 Å². The molecule has 0 aromatic heterocycles. The van der Waals surface area contributed by atoms with Gasteiger partial charge in [0.25, 0.3) is 5.69 Å². The predicted molar refractivity (Wildman–Crippen MR) is 92.3 cm³/mol. The van der Waals surface area contributed by atoms with Gasteiger partial charge in [-0.05, 0) is 42.9 Å². The average Bonchev–Trinajstić information content (AvgIpc) is 2.56. The van der Waals surface area contributed by atoms with Crippen molar-refractivity contribution in [3.63, 3.8) is 0 Å². The number of hydrogen-bond acceptors (Lipinski definition) is 5. The first-order valence-electron chi connectivity index (χ1n) is 7.53. The summed E-state index contributed by atoms with van der Waals surface area (Å²) in [7, 11) is 1.76. The Bertz CT molecular complexity index is 727. The molecule has 0 unspecified atom stereocenters. The minimum Gasteiger partial charge on any atom is -0.491 e. The van der Waals surface area contributed by atoms with Gasteiger partial charge < -0.3 is 9.84 Å². The van der Waals surface area contributed by atoms with Crippen molar-refractivity contribution in [1.29, 1.82) is 0 Å². The molecular weight excluding hydrogens is 351 g/mol. The lowest BCUT2D eigenvalue weighted by Gasteiger charge is -2.21. The summed E-state index contributed by atoms with van der Waals surface area (Å²) in [4.78, 5) is 12.1. The van der Waals surface area contributed by atoms with Crippen LogP contribution >= 0.6 is 11.6 Å². The molecule has 0 bridgehead atoms. The molecule has 0 heterocycles. The number of nitro benzene ring substituents is 1. The highest BCUT2D eigenvalue weighted by Crippen LogP contribution is 2.23. The summed E-state index contributed by atoms with van der Waals surface area (Å²) in [5.74, 6) is 0.103. The zero-order chi connectivity index (χ0) is 18.4. The second-order valence-corrected chi connectivity index (χ2v) is 6.06. The van der Waals surface area contributed by atoms with Crippen LogP contribution < -0.4 is 4.74 Å². The Morgan fingerprint density at radius 2 is 2.00 bits per heavy atom. The molecule has 0 fully saturated rings. The molecule has 6 nitrogen and oxygen atoms in total. The summed E-state index contributed by atoms with van der Waals surface area (Å²) in [6.45, 7) is 0.660. The first kappa shape index (κ1) is 19.1. The van der Waals surface area contributed by atoms with E-state index in [9.17, 15) is 19.6 Å². The Balaban J connectivity index is 1.86. The zero-order valence-electron chi connectivity index (χ0n) is 13.6. The number of non-ortho nitro benzene ring substituents is 1. The highest BCUT2D eigenvalue weighted by atomic mass is 35.5. The van der Waals surface area contributed by atoms with E-state index in [4.69, 9.17) is 16.3 Å².